The van der Waals surface area contributed by atoms with Gasteiger partial charge in [0.25, 0.3) is 0 Å². The van der Waals surface area contributed by atoms with Crippen molar-refractivity contribution in [1.82, 2.24) is 25.1 Å². The van der Waals surface area contributed by atoms with E-state index in [0.717, 1.165) is 66.7 Å². The number of rotatable bonds is 6. The van der Waals surface area contributed by atoms with Crippen LogP contribution in [0.15, 0.2) is 48.7 Å². The Morgan fingerprint density at radius 1 is 1.09 bits per heavy atom. The van der Waals surface area contributed by atoms with E-state index in [1.807, 2.05) is 41.8 Å². The van der Waals surface area contributed by atoms with Gasteiger partial charge in [0.2, 0.25) is 0 Å². The normalized spacial score (nSPS) is 14.7. The number of hydrogen-bond donors (Lipinski definition) is 2. The van der Waals surface area contributed by atoms with Crippen LogP contribution in [0.5, 0.6) is 0 Å². The first-order valence-corrected chi connectivity index (χ1v) is 13.0. The molecule has 1 aliphatic heterocycles. The van der Waals surface area contributed by atoms with Gasteiger partial charge in [0.15, 0.2) is 5.11 Å². The Kier molecular flexibility index (Phi) is 7.01. The van der Waals surface area contributed by atoms with Crippen LogP contribution in [0.3, 0.4) is 0 Å². The molecule has 0 saturated carbocycles. The van der Waals surface area contributed by atoms with Crippen molar-refractivity contribution in [3.05, 3.63) is 64.8 Å². The number of hydrogen-bond acceptors (Lipinski definition) is 6. The summed E-state index contributed by atoms with van der Waals surface area (Å²) in [5, 5.41) is 9.16. The molecule has 0 atom stereocenters. The molecule has 0 radical (unpaired) electrons. The monoisotopic (exact) mass is 490 g/mol. The number of aryl methyl sites for hydroxylation is 1. The maximum absolute atomic E-state index is 5.69. The van der Waals surface area contributed by atoms with Gasteiger partial charge in [0, 0.05) is 48.0 Å². The van der Waals surface area contributed by atoms with Crippen molar-refractivity contribution in [2.24, 2.45) is 0 Å². The Hall–Kier alpha value is -2.65. The van der Waals surface area contributed by atoms with Gasteiger partial charge in [-0.05, 0) is 80.4 Å². The van der Waals surface area contributed by atoms with Crippen molar-refractivity contribution in [3.8, 4) is 0 Å². The first kappa shape index (κ1) is 23.1. The number of aromatic nitrogens is 2. The summed E-state index contributed by atoms with van der Waals surface area (Å²) in [4.78, 5) is 15.2. The molecule has 4 aromatic rings. The van der Waals surface area contributed by atoms with E-state index in [0.29, 0.717) is 6.54 Å². The number of nitrogens with zero attached hydrogens (tertiary/aromatic N) is 4. The third-order valence-corrected chi connectivity index (χ3v) is 7.88. The highest BCUT2D eigenvalue weighted by Gasteiger charge is 2.17. The van der Waals surface area contributed by atoms with Crippen LogP contribution >= 0.6 is 23.6 Å². The van der Waals surface area contributed by atoms with Crippen LogP contribution in [0.4, 0.5) is 5.69 Å². The van der Waals surface area contributed by atoms with Gasteiger partial charge in [0.1, 0.15) is 0 Å². The van der Waals surface area contributed by atoms with Gasteiger partial charge >= 0.3 is 0 Å². The fourth-order valence-electron chi connectivity index (χ4n) is 4.38. The maximum Gasteiger partial charge on any atom is 0.173 e. The summed E-state index contributed by atoms with van der Waals surface area (Å²) in [6.45, 7) is 7.86. The highest BCUT2D eigenvalue weighted by Crippen LogP contribution is 2.33. The quantitative estimate of drug-likeness (QED) is 0.306. The first-order valence-electron chi connectivity index (χ1n) is 11.7. The number of nitrogens with one attached hydrogen (secondary N) is 2. The second-order valence-electron chi connectivity index (χ2n) is 8.85. The first-order chi connectivity index (χ1) is 16.6. The lowest BCUT2D eigenvalue weighted by Crippen LogP contribution is -2.48. The fraction of sp³-hybridized carbons (Fsp3) is 0.346. The Bertz CT molecular complexity index is 1310. The van der Waals surface area contributed by atoms with Crippen LogP contribution < -0.4 is 10.6 Å². The number of anilines is 1. The van der Waals surface area contributed by atoms with Crippen molar-refractivity contribution in [2.75, 3.05) is 45.1 Å². The molecule has 0 aliphatic carbocycles. The van der Waals surface area contributed by atoms with Gasteiger partial charge in [-0.3, -0.25) is 4.98 Å². The molecule has 3 heterocycles. The van der Waals surface area contributed by atoms with Gasteiger partial charge in [-0.1, -0.05) is 12.1 Å². The molecule has 1 aliphatic rings. The smallest absolute Gasteiger partial charge is 0.173 e. The van der Waals surface area contributed by atoms with E-state index < -0.39 is 0 Å². The van der Waals surface area contributed by atoms with Crippen molar-refractivity contribution < 1.29 is 0 Å². The molecule has 0 unspecified atom stereocenters. The SMILES string of the molecule is Cc1sc2ccc(NC(=S)N3CCN(C)CC3)cc2c1CCNCc1cnc2ccccc2n1. The van der Waals surface area contributed by atoms with Crippen LogP contribution in [0.1, 0.15) is 16.1 Å². The van der Waals surface area contributed by atoms with E-state index >= 15 is 0 Å². The molecular formula is C26H30N6S2. The van der Waals surface area contributed by atoms with Gasteiger partial charge in [-0.25, -0.2) is 4.98 Å². The summed E-state index contributed by atoms with van der Waals surface area (Å²) < 4.78 is 1.32. The lowest BCUT2D eigenvalue weighted by Gasteiger charge is -2.34. The predicted molar refractivity (Wildman–Crippen MR) is 147 cm³/mol. The van der Waals surface area contributed by atoms with Crippen LogP contribution in [0.2, 0.25) is 0 Å². The summed E-state index contributed by atoms with van der Waals surface area (Å²) in [6, 6.07) is 14.6. The summed E-state index contributed by atoms with van der Waals surface area (Å²) in [5.74, 6) is 0. The van der Waals surface area contributed by atoms with Gasteiger partial charge in [-0.2, -0.15) is 0 Å². The van der Waals surface area contributed by atoms with E-state index in [1.54, 1.807) is 0 Å². The molecule has 0 amide bonds. The number of benzene rings is 2. The number of piperazine rings is 1. The average molecular weight is 491 g/mol. The number of para-hydroxylation sites is 2. The van der Waals surface area contributed by atoms with E-state index in [9.17, 15) is 0 Å². The zero-order chi connectivity index (χ0) is 23.5. The Morgan fingerprint density at radius 2 is 1.88 bits per heavy atom. The number of thiophene rings is 1. The number of thiocarbonyl (C=S) groups is 1. The largest absolute Gasteiger partial charge is 0.346 e. The summed E-state index contributed by atoms with van der Waals surface area (Å²) in [5.41, 5.74) is 5.31. The second kappa shape index (κ2) is 10.3. The summed E-state index contributed by atoms with van der Waals surface area (Å²) >= 11 is 7.56. The standard InChI is InChI=1S/C26H30N6S2/c1-18-21(9-10-27-16-20-17-28-23-5-3-4-6-24(23)29-20)22-15-19(7-8-25(22)34-18)30-26(33)32-13-11-31(2)12-14-32/h3-8,15,17,27H,9-14,16H2,1-2H3,(H,30,33). The predicted octanol–water partition coefficient (Wildman–Crippen LogP) is 4.43. The molecular weight excluding hydrogens is 460 g/mol. The van der Waals surface area contributed by atoms with Crippen LogP contribution in [-0.4, -0.2) is 64.7 Å². The molecule has 8 heteroatoms. The maximum atomic E-state index is 5.69. The minimum Gasteiger partial charge on any atom is -0.346 e. The molecule has 176 valence electrons. The van der Waals surface area contributed by atoms with Crippen molar-refractivity contribution >= 4 is 55.5 Å². The lowest BCUT2D eigenvalue weighted by molar-refractivity contribution is 0.217. The topological polar surface area (TPSA) is 56.3 Å². The van der Waals surface area contributed by atoms with E-state index in [4.69, 9.17) is 17.2 Å². The van der Waals surface area contributed by atoms with E-state index in [1.165, 1.54) is 20.5 Å². The van der Waals surface area contributed by atoms with Gasteiger partial charge in [-0.15, -0.1) is 11.3 Å². The zero-order valence-electron chi connectivity index (χ0n) is 19.7. The highest BCUT2D eigenvalue weighted by atomic mass is 32.1. The number of fused-ring (bicyclic) bond motifs is 2. The van der Waals surface area contributed by atoms with Gasteiger partial charge < -0.3 is 20.4 Å². The minimum absolute atomic E-state index is 0.713. The van der Waals surface area contributed by atoms with Gasteiger partial charge in [0.05, 0.1) is 22.9 Å². The average Bonchev–Trinajstić information content (AvgIpc) is 3.16. The number of likely N-dealkylation sites (N-methyl/N-ethyl adjacent to an activating group) is 1. The molecule has 2 aromatic carbocycles. The molecule has 0 bridgehead atoms. The summed E-state index contributed by atoms with van der Waals surface area (Å²) in [7, 11) is 2.16. The third-order valence-electron chi connectivity index (χ3n) is 6.39. The fourth-order valence-corrected chi connectivity index (χ4v) is 5.78. The lowest BCUT2D eigenvalue weighted by atomic mass is 10.1. The van der Waals surface area contributed by atoms with Crippen LogP contribution in [0, 0.1) is 6.92 Å². The summed E-state index contributed by atoms with van der Waals surface area (Å²) in [6.07, 6.45) is 2.83. The molecule has 1 fully saturated rings. The molecule has 2 N–H and O–H groups in total. The molecule has 1 saturated heterocycles. The van der Waals surface area contributed by atoms with Crippen molar-refractivity contribution in [3.63, 3.8) is 0 Å². The van der Waals surface area contributed by atoms with Crippen LogP contribution in [0.25, 0.3) is 21.1 Å². The minimum atomic E-state index is 0.713. The Morgan fingerprint density at radius 3 is 2.71 bits per heavy atom. The molecule has 5 rings (SSSR count). The Labute approximate surface area is 210 Å². The second-order valence-corrected chi connectivity index (χ2v) is 10.5. The molecule has 0 spiro atoms. The van der Waals surface area contributed by atoms with E-state index in [-0.39, 0.29) is 0 Å². The third kappa shape index (κ3) is 5.20. The molecule has 34 heavy (non-hydrogen) atoms. The molecule has 2 aromatic heterocycles. The highest BCUT2D eigenvalue weighted by molar-refractivity contribution is 7.80. The molecule has 6 nitrogen and oxygen atoms in total. The zero-order valence-corrected chi connectivity index (χ0v) is 21.3. The van der Waals surface area contributed by atoms with Crippen molar-refractivity contribution in [1.29, 1.82) is 0 Å². The van der Waals surface area contributed by atoms with Crippen molar-refractivity contribution in [2.45, 2.75) is 19.9 Å². The Balaban J connectivity index is 1.22. The van der Waals surface area contributed by atoms with Crippen LogP contribution in [-0.2, 0) is 13.0 Å². The van der Waals surface area contributed by atoms with E-state index in [2.05, 4.69) is 57.6 Å².